The Morgan fingerprint density at radius 1 is 1.24 bits per heavy atom. The SMILES string of the molecule is COc1ccc2c(c1)[C@]1(O[C@@H](CCO)[C@H]([Si](C)(C)O)[C@H]1C)C(=O)N2Cc1ccc(NC(=O)[C@H](C)O)cc1. The van der Waals surface area contributed by atoms with Crippen molar-refractivity contribution in [2.75, 3.05) is 23.9 Å². The lowest BCUT2D eigenvalue weighted by Crippen LogP contribution is -2.46. The minimum Gasteiger partial charge on any atom is -0.497 e. The number of carbonyl (C=O) groups excluding carboxylic acids is 2. The topological polar surface area (TPSA) is 129 Å². The van der Waals surface area contributed by atoms with E-state index in [1.807, 2.05) is 44.3 Å². The molecule has 1 saturated heterocycles. The molecule has 1 fully saturated rings. The number of methoxy groups -OCH3 is 1. The lowest BCUT2D eigenvalue weighted by atomic mass is 9.82. The monoisotopic (exact) mass is 528 g/mol. The number of ether oxygens (including phenoxy) is 2. The van der Waals surface area contributed by atoms with Crippen molar-refractivity contribution < 1.29 is 34.1 Å². The maximum atomic E-state index is 14.3. The number of anilines is 2. The zero-order chi connectivity index (χ0) is 27.1. The van der Waals surface area contributed by atoms with Gasteiger partial charge in [0.05, 0.1) is 25.4 Å². The van der Waals surface area contributed by atoms with E-state index in [1.165, 1.54) is 6.92 Å². The van der Waals surface area contributed by atoms with E-state index < -0.39 is 32.0 Å². The van der Waals surface area contributed by atoms with E-state index in [-0.39, 0.29) is 30.5 Å². The molecular formula is C27H36N2O7Si. The van der Waals surface area contributed by atoms with E-state index in [2.05, 4.69) is 5.32 Å². The van der Waals surface area contributed by atoms with Crippen LogP contribution in [0.15, 0.2) is 42.5 Å². The van der Waals surface area contributed by atoms with Crippen molar-refractivity contribution in [1.29, 1.82) is 0 Å². The minimum absolute atomic E-state index is 0.102. The van der Waals surface area contributed by atoms with Gasteiger partial charge in [-0.05, 0) is 62.3 Å². The van der Waals surface area contributed by atoms with Crippen molar-refractivity contribution in [2.45, 2.75) is 63.3 Å². The Labute approximate surface area is 218 Å². The largest absolute Gasteiger partial charge is 0.497 e. The van der Waals surface area contributed by atoms with Crippen LogP contribution in [0.4, 0.5) is 11.4 Å². The Kier molecular flexibility index (Phi) is 7.51. The molecule has 10 heteroatoms. The Balaban J connectivity index is 1.71. The summed E-state index contributed by atoms with van der Waals surface area (Å²) in [6.07, 6.45) is -1.24. The summed E-state index contributed by atoms with van der Waals surface area (Å²) in [4.78, 5) is 38.9. The number of hydrogen-bond acceptors (Lipinski definition) is 7. The van der Waals surface area contributed by atoms with Gasteiger partial charge in [0.2, 0.25) is 0 Å². The Morgan fingerprint density at radius 2 is 1.92 bits per heavy atom. The van der Waals surface area contributed by atoms with Crippen molar-refractivity contribution in [3.63, 3.8) is 0 Å². The first-order chi connectivity index (χ1) is 17.4. The van der Waals surface area contributed by atoms with Gasteiger partial charge in [0, 0.05) is 29.3 Å². The van der Waals surface area contributed by atoms with Crippen LogP contribution in [-0.4, -0.2) is 61.1 Å². The zero-order valence-electron chi connectivity index (χ0n) is 21.9. The van der Waals surface area contributed by atoms with Gasteiger partial charge in [0.1, 0.15) is 11.9 Å². The van der Waals surface area contributed by atoms with Gasteiger partial charge in [-0.15, -0.1) is 0 Å². The van der Waals surface area contributed by atoms with Crippen molar-refractivity contribution in [1.82, 2.24) is 0 Å². The van der Waals surface area contributed by atoms with Crippen molar-refractivity contribution in [3.8, 4) is 5.75 Å². The summed E-state index contributed by atoms with van der Waals surface area (Å²) in [6, 6.07) is 12.6. The number of hydrogen-bond donors (Lipinski definition) is 4. The number of aliphatic hydroxyl groups excluding tert-OH is 2. The number of aliphatic hydroxyl groups is 2. The van der Waals surface area contributed by atoms with Crippen LogP contribution in [0.5, 0.6) is 5.75 Å². The summed E-state index contributed by atoms with van der Waals surface area (Å²) in [7, 11) is -1.20. The maximum absolute atomic E-state index is 14.3. The number of nitrogens with zero attached hydrogens (tertiary/aromatic N) is 1. The second kappa shape index (κ2) is 10.2. The highest BCUT2D eigenvalue weighted by atomic mass is 28.4. The van der Waals surface area contributed by atoms with Gasteiger partial charge >= 0.3 is 0 Å². The molecule has 0 radical (unpaired) electrons. The van der Waals surface area contributed by atoms with Gasteiger partial charge in [0.15, 0.2) is 13.9 Å². The maximum Gasteiger partial charge on any atom is 0.264 e. The molecule has 0 saturated carbocycles. The molecule has 4 N–H and O–H groups in total. The van der Waals surface area contributed by atoms with Crippen LogP contribution < -0.4 is 15.0 Å². The van der Waals surface area contributed by atoms with Gasteiger partial charge < -0.3 is 34.7 Å². The van der Waals surface area contributed by atoms with Crippen LogP contribution >= 0.6 is 0 Å². The van der Waals surface area contributed by atoms with Gasteiger partial charge in [0.25, 0.3) is 11.8 Å². The Morgan fingerprint density at radius 3 is 2.49 bits per heavy atom. The van der Waals surface area contributed by atoms with Crippen LogP contribution in [0.2, 0.25) is 18.6 Å². The number of rotatable bonds is 8. The van der Waals surface area contributed by atoms with Crippen LogP contribution in [0.25, 0.3) is 0 Å². The average molecular weight is 529 g/mol. The molecular weight excluding hydrogens is 492 g/mol. The molecule has 0 aromatic heterocycles. The van der Waals surface area contributed by atoms with E-state index in [1.54, 1.807) is 30.2 Å². The highest BCUT2D eigenvalue weighted by Crippen LogP contribution is 2.60. The van der Waals surface area contributed by atoms with Crippen LogP contribution in [-0.2, 0) is 26.5 Å². The van der Waals surface area contributed by atoms with Crippen LogP contribution in [0.3, 0.4) is 0 Å². The van der Waals surface area contributed by atoms with E-state index in [4.69, 9.17) is 9.47 Å². The van der Waals surface area contributed by atoms with Gasteiger partial charge in [-0.3, -0.25) is 9.59 Å². The molecule has 200 valence electrons. The third-order valence-electron chi connectivity index (χ3n) is 7.55. The van der Waals surface area contributed by atoms with Crippen LogP contribution in [0.1, 0.15) is 31.4 Å². The molecule has 2 amide bonds. The van der Waals surface area contributed by atoms with Crippen molar-refractivity contribution in [3.05, 3.63) is 53.6 Å². The first-order valence-electron chi connectivity index (χ1n) is 12.5. The van der Waals surface area contributed by atoms with Crippen molar-refractivity contribution in [2.24, 2.45) is 5.92 Å². The highest BCUT2D eigenvalue weighted by Gasteiger charge is 2.66. The number of carbonyl (C=O) groups is 2. The molecule has 5 atom stereocenters. The van der Waals surface area contributed by atoms with Crippen LogP contribution in [0, 0.1) is 5.92 Å². The third-order valence-corrected chi connectivity index (χ3v) is 10.0. The van der Waals surface area contributed by atoms with E-state index in [9.17, 15) is 24.6 Å². The molecule has 37 heavy (non-hydrogen) atoms. The second-order valence-electron chi connectivity index (χ2n) is 10.5. The number of benzene rings is 2. The average Bonchev–Trinajstić information content (AvgIpc) is 3.27. The summed E-state index contributed by atoms with van der Waals surface area (Å²) in [6.45, 7) is 7.22. The molecule has 2 aromatic rings. The zero-order valence-corrected chi connectivity index (χ0v) is 22.9. The molecule has 2 aromatic carbocycles. The fraction of sp³-hybridized carbons (Fsp3) is 0.481. The summed E-state index contributed by atoms with van der Waals surface area (Å²) >= 11 is 0. The van der Waals surface area contributed by atoms with Gasteiger partial charge in [-0.1, -0.05) is 19.1 Å². The van der Waals surface area contributed by atoms with Crippen molar-refractivity contribution >= 4 is 31.5 Å². The quantitative estimate of drug-likeness (QED) is 0.388. The molecule has 2 aliphatic rings. The summed E-state index contributed by atoms with van der Waals surface area (Å²) in [5.74, 6) is -0.429. The fourth-order valence-corrected chi connectivity index (χ4v) is 8.46. The molecule has 0 unspecified atom stereocenters. The molecule has 0 aliphatic carbocycles. The summed E-state index contributed by atoms with van der Waals surface area (Å²) < 4.78 is 12.1. The fourth-order valence-electron chi connectivity index (χ4n) is 5.86. The first-order valence-corrected chi connectivity index (χ1v) is 15.6. The molecule has 4 rings (SSSR count). The van der Waals surface area contributed by atoms with E-state index in [0.717, 1.165) is 5.56 Å². The highest BCUT2D eigenvalue weighted by molar-refractivity contribution is 6.71. The summed E-state index contributed by atoms with van der Waals surface area (Å²) in [5.41, 5.74) is 1.25. The molecule has 9 nitrogen and oxygen atoms in total. The molecule has 2 aliphatic heterocycles. The lowest BCUT2D eigenvalue weighted by molar-refractivity contribution is -0.146. The van der Waals surface area contributed by atoms with E-state index >= 15 is 0 Å². The smallest absolute Gasteiger partial charge is 0.264 e. The standard InChI is InChI=1S/C27H36N2O7Si/c1-16-24(37(4,5)34)23(12-13-30)36-27(16)21-14-20(35-3)10-11-22(21)29(26(27)33)15-18-6-8-19(9-7-18)28-25(32)17(2)31/h6-11,14,16-17,23-24,30-31,34H,12-13,15H2,1-5H3,(H,28,32)/t16-,17+,23+,24-,27+/m1/s1. The lowest BCUT2D eigenvalue weighted by Gasteiger charge is -2.32. The first kappa shape index (κ1) is 27.3. The van der Waals surface area contributed by atoms with E-state index in [0.29, 0.717) is 29.1 Å². The predicted molar refractivity (Wildman–Crippen MR) is 142 cm³/mol. The van der Waals surface area contributed by atoms with Gasteiger partial charge in [-0.2, -0.15) is 0 Å². The Hall–Kier alpha value is -2.76. The minimum atomic E-state index is -2.77. The van der Waals surface area contributed by atoms with Gasteiger partial charge in [-0.25, -0.2) is 0 Å². The number of nitrogens with one attached hydrogen (secondary N) is 1. The Bertz CT molecular complexity index is 1160. The predicted octanol–water partition coefficient (Wildman–Crippen LogP) is 2.74. The number of fused-ring (bicyclic) bond motifs is 2. The molecule has 2 heterocycles. The third kappa shape index (κ3) is 4.80. The summed E-state index contributed by atoms with van der Waals surface area (Å²) in [5, 5.41) is 21.8. The molecule has 0 bridgehead atoms. The normalized spacial score (nSPS) is 25.9. The molecule has 1 spiro atoms. The number of amides is 2. The second-order valence-corrected chi connectivity index (χ2v) is 14.5.